The number of methoxy groups -OCH3 is 1. The number of rotatable bonds is 5. The van der Waals surface area contributed by atoms with Gasteiger partial charge in [-0.3, -0.25) is 4.79 Å². The quantitative estimate of drug-likeness (QED) is 0.155. The van der Waals surface area contributed by atoms with Crippen molar-refractivity contribution in [1.29, 1.82) is 0 Å². The fourth-order valence-corrected chi connectivity index (χ4v) is 6.22. The molecule has 0 aliphatic heterocycles. The number of esters is 1. The Morgan fingerprint density at radius 3 is 1.58 bits per heavy atom. The zero-order valence-electron chi connectivity index (χ0n) is 21.3. The van der Waals surface area contributed by atoms with Gasteiger partial charge in [0.15, 0.2) is 0 Å². The Morgan fingerprint density at radius 1 is 0.737 bits per heavy atom. The summed E-state index contributed by atoms with van der Waals surface area (Å²) in [7, 11) is 1.35. The van der Waals surface area contributed by atoms with Gasteiger partial charge in [0.05, 0.1) is 7.11 Å². The van der Waals surface area contributed by atoms with Crippen LogP contribution in [0.3, 0.4) is 0 Å². The predicted molar refractivity (Wildman–Crippen MR) is 157 cm³/mol. The van der Waals surface area contributed by atoms with Crippen molar-refractivity contribution in [3.63, 3.8) is 0 Å². The molecule has 0 bridgehead atoms. The van der Waals surface area contributed by atoms with E-state index in [1.54, 1.807) is 0 Å². The van der Waals surface area contributed by atoms with E-state index in [0.29, 0.717) is 0 Å². The van der Waals surface area contributed by atoms with Crippen LogP contribution in [0.2, 0.25) is 0 Å². The van der Waals surface area contributed by atoms with Crippen molar-refractivity contribution < 1.29 is 35.7 Å². The minimum absolute atomic E-state index is 0. The van der Waals surface area contributed by atoms with E-state index in [4.69, 9.17) is 4.74 Å². The Labute approximate surface area is 249 Å². The Morgan fingerprint density at radius 2 is 1.18 bits per heavy atom. The summed E-state index contributed by atoms with van der Waals surface area (Å²) >= 11 is 0. The van der Waals surface area contributed by atoms with Crippen molar-refractivity contribution in [2.24, 2.45) is 0 Å². The van der Waals surface area contributed by atoms with Gasteiger partial charge in [-0.25, -0.2) is 5.82 Å². The van der Waals surface area contributed by atoms with Crippen molar-refractivity contribution >= 4 is 35.0 Å². The molecule has 0 heterocycles. The summed E-state index contributed by atoms with van der Waals surface area (Å²) in [5, 5.41) is 2.17. The summed E-state index contributed by atoms with van der Waals surface area (Å²) in [4.78, 5) is 11.8. The van der Waals surface area contributed by atoms with Crippen LogP contribution in [-0.4, -0.2) is 18.5 Å². The third-order valence-corrected chi connectivity index (χ3v) is 8.43. The molecule has 38 heavy (non-hydrogen) atoms. The molecule has 0 N–H and O–H groups in total. The van der Waals surface area contributed by atoms with Crippen LogP contribution in [0.5, 0.6) is 0 Å². The number of benzene rings is 3. The van der Waals surface area contributed by atoms with Gasteiger partial charge in [-0.1, -0.05) is 66.7 Å². The molecule has 2 fully saturated rings. The zero-order chi connectivity index (χ0) is 26.0. The fraction of sp³-hybridized carbons (Fsp3) is 0.0294. The average Bonchev–Trinajstić information content (AvgIpc) is 3.75. The standard InChI is InChI=1S/C24H19O2P.2C5H5.Zr/c1-26-24(25)18-20-27(22-13-7-3-8-14-22,23-15-9-4-10-16-23)19-17-21-11-5-2-6-12-21;2*1-2-4-5-3-1;/h2-11,13-17,20H,1H3;2*1-5H;/q-2;;;+4. The van der Waals surface area contributed by atoms with Gasteiger partial charge < -0.3 is 10.8 Å². The van der Waals surface area contributed by atoms with Crippen LogP contribution in [0.15, 0.2) is 90.7 Å². The summed E-state index contributed by atoms with van der Waals surface area (Å²) in [6, 6.07) is 31.1. The minimum Gasteiger partial charge on any atom is -0.493 e. The van der Waals surface area contributed by atoms with Gasteiger partial charge in [0.25, 0.3) is 0 Å². The molecule has 0 saturated heterocycles. The zero-order valence-corrected chi connectivity index (χ0v) is 24.6. The molecule has 0 spiro atoms. The average molecular weight is 592 g/mol. The first-order chi connectivity index (χ1) is 18.2. The van der Waals surface area contributed by atoms with Crippen LogP contribution in [0.1, 0.15) is 5.56 Å². The van der Waals surface area contributed by atoms with Gasteiger partial charge in [0, 0.05) is 0 Å². The molecule has 3 aromatic rings. The molecule has 0 atom stereocenters. The number of carbonyl (C=O) groups excluding carboxylic acids is 1. The van der Waals surface area contributed by atoms with Gasteiger partial charge >= 0.3 is 26.2 Å². The van der Waals surface area contributed by atoms with E-state index in [1.807, 2.05) is 137 Å². The van der Waals surface area contributed by atoms with E-state index in [2.05, 4.69) is 41.9 Å². The van der Waals surface area contributed by atoms with Crippen molar-refractivity contribution in [3.8, 4) is 0 Å². The van der Waals surface area contributed by atoms with Gasteiger partial charge in [0.2, 0.25) is 0 Å². The second kappa shape index (κ2) is 19.0. The summed E-state index contributed by atoms with van der Waals surface area (Å²) in [5.41, 5.74) is 4.52. The second-order valence-corrected chi connectivity index (χ2v) is 10.7. The largest absolute Gasteiger partial charge is 4.00 e. The third kappa shape index (κ3) is 10.9. The molecule has 184 valence electrons. The van der Waals surface area contributed by atoms with Crippen molar-refractivity contribution in [2.45, 2.75) is 0 Å². The molecule has 3 aromatic carbocycles. The Balaban J connectivity index is 0.000000382. The molecule has 5 rings (SSSR count). The molecule has 10 radical (unpaired) electrons. The molecule has 0 aromatic heterocycles. The molecular weight excluding hydrogens is 563 g/mol. The Bertz CT molecular complexity index is 1090. The number of hydrogen-bond donors (Lipinski definition) is 0. The molecular formula is C34H29O2PZr+2. The van der Waals surface area contributed by atoms with E-state index >= 15 is 0 Å². The van der Waals surface area contributed by atoms with Crippen molar-refractivity contribution in [2.75, 3.05) is 7.11 Å². The molecule has 2 aliphatic carbocycles. The van der Waals surface area contributed by atoms with E-state index in [-0.39, 0.29) is 26.2 Å². The van der Waals surface area contributed by atoms with Gasteiger partial charge in [-0.05, 0) is 81.7 Å². The van der Waals surface area contributed by atoms with E-state index < -0.39 is 12.9 Å². The van der Waals surface area contributed by atoms with Crippen LogP contribution < -0.4 is 10.6 Å². The van der Waals surface area contributed by atoms with Crippen LogP contribution in [-0.2, 0) is 35.7 Å². The van der Waals surface area contributed by atoms with Crippen LogP contribution in [0.4, 0.5) is 0 Å². The first kappa shape index (κ1) is 32.0. The first-order valence-corrected chi connectivity index (χ1v) is 13.7. The SMILES string of the molecule is COC(=O)[C-]=CP(=C=Cc1[c-]cccc1)(c1ccccc1)c1ccccc1.[CH]1[CH][CH][CH][CH]1.[CH]1[CH][CH][CH][CH]1.[Zr+4]. The summed E-state index contributed by atoms with van der Waals surface area (Å²) < 4.78 is 4.77. The second-order valence-electron chi connectivity index (χ2n) is 7.67. The predicted octanol–water partition coefficient (Wildman–Crippen LogP) is 6.10. The minimum atomic E-state index is -2.30. The van der Waals surface area contributed by atoms with Crippen molar-refractivity contribution in [3.05, 3.63) is 173 Å². The molecule has 2 saturated carbocycles. The normalized spacial score (nSPS) is 14.1. The summed E-state index contributed by atoms with van der Waals surface area (Å²) in [5.74, 6) is 1.32. The van der Waals surface area contributed by atoms with Crippen LogP contribution in [0, 0.1) is 76.4 Å². The van der Waals surface area contributed by atoms with Gasteiger partial charge in [0.1, 0.15) is 5.97 Å². The fourth-order valence-electron chi connectivity index (χ4n) is 3.33. The maximum Gasteiger partial charge on any atom is 4.00 e. The maximum atomic E-state index is 11.8. The molecule has 2 nitrogen and oxygen atoms in total. The van der Waals surface area contributed by atoms with E-state index in [0.717, 1.165) is 16.2 Å². The van der Waals surface area contributed by atoms with E-state index in [1.165, 1.54) is 7.11 Å². The number of ether oxygens (including phenoxy) is 1. The van der Waals surface area contributed by atoms with E-state index in [9.17, 15) is 4.79 Å². The first-order valence-electron chi connectivity index (χ1n) is 11.8. The molecule has 4 heteroatoms. The number of hydrogen-bond acceptors (Lipinski definition) is 2. The summed E-state index contributed by atoms with van der Waals surface area (Å²) in [6.45, 7) is -2.30. The number of carbonyl (C=O) groups is 1. The Kier molecular flexibility index (Phi) is 16.0. The maximum absolute atomic E-state index is 11.8. The topological polar surface area (TPSA) is 26.3 Å². The van der Waals surface area contributed by atoms with Crippen LogP contribution in [0.25, 0.3) is 6.08 Å². The molecule has 0 unspecified atom stereocenters. The smallest absolute Gasteiger partial charge is 0.493 e. The summed E-state index contributed by atoms with van der Waals surface area (Å²) in [6.07, 6.45) is 24.7. The van der Waals surface area contributed by atoms with Crippen LogP contribution >= 0.6 is 6.89 Å². The Hall–Kier alpha value is -2.17. The van der Waals surface area contributed by atoms with Crippen molar-refractivity contribution in [1.82, 2.24) is 0 Å². The van der Waals surface area contributed by atoms with Gasteiger partial charge in [-0.15, -0.1) is 35.9 Å². The monoisotopic (exact) mass is 590 g/mol. The molecule has 2 aliphatic rings. The third-order valence-electron chi connectivity index (χ3n) is 5.16. The van der Waals surface area contributed by atoms with Gasteiger partial charge in [-0.2, -0.15) is 5.45 Å². The molecule has 0 amide bonds.